The minimum Gasteiger partial charge on any atom is -0.361 e. The van der Waals surface area contributed by atoms with Crippen LogP contribution in [-0.4, -0.2) is 66.0 Å². The Morgan fingerprint density at radius 1 is 1.46 bits per heavy atom. The Hall–Kier alpha value is -1.89. The van der Waals surface area contributed by atoms with E-state index < -0.39 is 0 Å². The molecule has 2 aliphatic heterocycles. The minimum atomic E-state index is 0.0864. The van der Waals surface area contributed by atoms with Crippen LogP contribution in [0.2, 0.25) is 0 Å². The Bertz CT molecular complexity index is 600. The molecule has 0 spiro atoms. The first-order valence-electron chi connectivity index (χ1n) is 8.72. The number of carbonyl (C=O) groups excluding carboxylic acids is 2. The van der Waals surface area contributed by atoms with Crippen molar-refractivity contribution in [2.24, 2.45) is 5.92 Å². The Balaban J connectivity index is 1.59. The molecule has 2 saturated heterocycles. The summed E-state index contributed by atoms with van der Waals surface area (Å²) in [6.07, 6.45) is 2.60. The van der Waals surface area contributed by atoms with Gasteiger partial charge < -0.3 is 19.6 Å². The number of hydrogen-bond donors (Lipinski definition) is 1. The van der Waals surface area contributed by atoms with Crippen molar-refractivity contribution in [2.75, 3.05) is 33.2 Å². The van der Waals surface area contributed by atoms with E-state index in [1.54, 1.807) is 0 Å². The second-order valence-electron chi connectivity index (χ2n) is 6.80. The van der Waals surface area contributed by atoms with Crippen molar-refractivity contribution >= 4 is 11.8 Å². The van der Waals surface area contributed by atoms with E-state index >= 15 is 0 Å². The third-order valence-electron chi connectivity index (χ3n) is 5.10. The number of fused-ring (bicyclic) bond motifs is 1. The number of amides is 2. The maximum absolute atomic E-state index is 12.5. The van der Waals surface area contributed by atoms with Crippen molar-refractivity contribution in [2.45, 2.75) is 38.6 Å². The van der Waals surface area contributed by atoms with Gasteiger partial charge in [-0.2, -0.15) is 0 Å². The van der Waals surface area contributed by atoms with Crippen molar-refractivity contribution in [3.05, 3.63) is 17.5 Å². The van der Waals surface area contributed by atoms with Gasteiger partial charge in [0.25, 0.3) is 0 Å². The molecule has 1 aromatic heterocycles. The molecule has 132 valence electrons. The van der Waals surface area contributed by atoms with Gasteiger partial charge in [-0.05, 0) is 32.7 Å². The lowest BCUT2D eigenvalue weighted by molar-refractivity contribution is -0.144. The summed E-state index contributed by atoms with van der Waals surface area (Å²) < 4.78 is 5.15. The van der Waals surface area contributed by atoms with Crippen LogP contribution in [0.4, 0.5) is 0 Å². The Morgan fingerprint density at radius 3 is 3.00 bits per heavy atom. The molecule has 2 aliphatic rings. The Morgan fingerprint density at radius 2 is 2.29 bits per heavy atom. The highest BCUT2D eigenvalue weighted by Gasteiger charge is 2.40. The summed E-state index contributed by atoms with van der Waals surface area (Å²) in [5.74, 6) is 1.34. The highest BCUT2D eigenvalue weighted by Crippen LogP contribution is 2.31. The largest absolute Gasteiger partial charge is 0.361 e. The average Bonchev–Trinajstić information content (AvgIpc) is 2.98. The number of likely N-dealkylation sites (tertiary alicyclic amines) is 2. The highest BCUT2D eigenvalue weighted by molar-refractivity contribution is 5.79. The normalized spacial score (nSPS) is 24.2. The summed E-state index contributed by atoms with van der Waals surface area (Å²) in [4.78, 5) is 28.7. The van der Waals surface area contributed by atoms with Gasteiger partial charge in [-0.1, -0.05) is 5.16 Å². The van der Waals surface area contributed by atoms with E-state index in [1.165, 1.54) is 0 Å². The standard InChI is InChI=1S/C17H26N4O3/c1-12-9-14(24-19-12)10-17(23)20-7-5-15-13(11-20)3-4-16(22)21(15)8-6-18-2/h9,13,15,18H,3-8,10-11H2,1-2H3/t13-,15+/m0/s1. The van der Waals surface area contributed by atoms with Crippen LogP contribution in [-0.2, 0) is 16.0 Å². The fourth-order valence-electron chi connectivity index (χ4n) is 3.86. The molecule has 0 aliphatic carbocycles. The van der Waals surface area contributed by atoms with E-state index in [1.807, 2.05) is 29.8 Å². The van der Waals surface area contributed by atoms with Crippen molar-refractivity contribution in [3.63, 3.8) is 0 Å². The van der Waals surface area contributed by atoms with Gasteiger partial charge in [-0.15, -0.1) is 0 Å². The second kappa shape index (κ2) is 7.34. The number of carbonyl (C=O) groups is 2. The van der Waals surface area contributed by atoms with Crippen molar-refractivity contribution in [1.29, 1.82) is 0 Å². The van der Waals surface area contributed by atoms with Crippen molar-refractivity contribution in [3.8, 4) is 0 Å². The van der Waals surface area contributed by atoms with Crippen LogP contribution in [0.1, 0.15) is 30.7 Å². The summed E-state index contributed by atoms with van der Waals surface area (Å²) in [7, 11) is 1.90. The van der Waals surface area contributed by atoms with E-state index in [9.17, 15) is 9.59 Å². The highest BCUT2D eigenvalue weighted by atomic mass is 16.5. The average molecular weight is 334 g/mol. The lowest BCUT2D eigenvalue weighted by Gasteiger charge is -2.47. The molecular formula is C17H26N4O3. The molecule has 2 fully saturated rings. The molecule has 2 amide bonds. The van der Waals surface area contributed by atoms with Gasteiger partial charge in [-0.25, -0.2) is 0 Å². The van der Waals surface area contributed by atoms with Crippen LogP contribution in [0, 0.1) is 12.8 Å². The zero-order valence-corrected chi connectivity index (χ0v) is 14.5. The van der Waals surface area contributed by atoms with E-state index in [0.717, 1.165) is 38.2 Å². The molecule has 2 atom stereocenters. The molecule has 1 aromatic rings. The van der Waals surface area contributed by atoms with Gasteiger partial charge >= 0.3 is 0 Å². The molecular weight excluding hydrogens is 308 g/mol. The van der Waals surface area contributed by atoms with Crippen LogP contribution in [0.5, 0.6) is 0 Å². The third kappa shape index (κ3) is 3.61. The summed E-state index contributed by atoms with van der Waals surface area (Å²) in [5, 5.41) is 6.94. The summed E-state index contributed by atoms with van der Waals surface area (Å²) in [6.45, 7) is 4.85. The zero-order chi connectivity index (χ0) is 17.1. The molecule has 3 heterocycles. The van der Waals surface area contributed by atoms with Gasteiger partial charge in [0.2, 0.25) is 11.8 Å². The number of nitrogens with one attached hydrogen (secondary N) is 1. The fraction of sp³-hybridized carbons (Fsp3) is 0.706. The van der Waals surface area contributed by atoms with Crippen LogP contribution < -0.4 is 5.32 Å². The predicted octanol–water partition coefficient (Wildman–Crippen LogP) is 0.584. The van der Waals surface area contributed by atoms with Gasteiger partial charge in [0, 0.05) is 44.7 Å². The molecule has 0 unspecified atom stereocenters. The number of aryl methyl sites for hydroxylation is 1. The third-order valence-corrected chi connectivity index (χ3v) is 5.10. The van der Waals surface area contributed by atoms with E-state index in [-0.39, 0.29) is 24.3 Å². The SMILES string of the molecule is CNCCN1C(=O)CC[C@H]2CN(C(=O)Cc3cc(C)no3)CC[C@H]21. The molecule has 0 bridgehead atoms. The van der Waals surface area contributed by atoms with Crippen molar-refractivity contribution in [1.82, 2.24) is 20.3 Å². The Kier molecular flexibility index (Phi) is 5.18. The maximum atomic E-state index is 12.5. The fourth-order valence-corrected chi connectivity index (χ4v) is 3.86. The smallest absolute Gasteiger partial charge is 0.230 e. The van der Waals surface area contributed by atoms with E-state index in [4.69, 9.17) is 4.52 Å². The first-order chi connectivity index (χ1) is 11.6. The van der Waals surface area contributed by atoms with Crippen LogP contribution >= 0.6 is 0 Å². The van der Waals surface area contributed by atoms with Gasteiger partial charge in [-0.3, -0.25) is 9.59 Å². The van der Waals surface area contributed by atoms with E-state index in [2.05, 4.69) is 10.5 Å². The summed E-state index contributed by atoms with van der Waals surface area (Å²) >= 11 is 0. The lowest BCUT2D eigenvalue weighted by atomic mass is 9.83. The molecule has 0 aromatic carbocycles. The molecule has 0 radical (unpaired) electrons. The molecule has 1 N–H and O–H groups in total. The van der Waals surface area contributed by atoms with Crippen LogP contribution in [0.25, 0.3) is 0 Å². The van der Waals surface area contributed by atoms with Gasteiger partial charge in [0.05, 0.1) is 12.1 Å². The van der Waals surface area contributed by atoms with Crippen LogP contribution in [0.3, 0.4) is 0 Å². The second-order valence-corrected chi connectivity index (χ2v) is 6.80. The first kappa shape index (κ1) is 17.0. The summed E-state index contributed by atoms with van der Waals surface area (Å²) in [6, 6.07) is 2.08. The monoisotopic (exact) mass is 334 g/mol. The molecule has 0 saturated carbocycles. The van der Waals surface area contributed by atoms with Crippen molar-refractivity contribution < 1.29 is 14.1 Å². The number of piperidine rings is 2. The molecule has 7 heteroatoms. The minimum absolute atomic E-state index is 0.0864. The zero-order valence-electron chi connectivity index (χ0n) is 14.5. The van der Waals surface area contributed by atoms with Gasteiger partial charge in [0.1, 0.15) is 5.76 Å². The summed E-state index contributed by atoms with van der Waals surface area (Å²) in [5.41, 5.74) is 0.794. The number of nitrogens with zero attached hydrogens (tertiary/aromatic N) is 3. The quantitative estimate of drug-likeness (QED) is 0.852. The molecule has 24 heavy (non-hydrogen) atoms. The number of rotatable bonds is 5. The predicted molar refractivity (Wildman–Crippen MR) is 88.3 cm³/mol. The Labute approximate surface area is 142 Å². The number of aromatic nitrogens is 1. The number of likely N-dealkylation sites (N-methyl/N-ethyl adjacent to an activating group) is 1. The molecule has 7 nitrogen and oxygen atoms in total. The number of hydrogen-bond acceptors (Lipinski definition) is 5. The maximum Gasteiger partial charge on any atom is 0.230 e. The topological polar surface area (TPSA) is 78.7 Å². The van der Waals surface area contributed by atoms with Gasteiger partial charge in [0.15, 0.2) is 0 Å². The van der Waals surface area contributed by atoms with E-state index in [0.29, 0.717) is 24.6 Å². The van der Waals surface area contributed by atoms with Crippen LogP contribution in [0.15, 0.2) is 10.6 Å². The lowest BCUT2D eigenvalue weighted by Crippen LogP contribution is -2.57. The molecule has 3 rings (SSSR count). The first-order valence-corrected chi connectivity index (χ1v) is 8.72.